The zero-order valence-corrected chi connectivity index (χ0v) is 12.7. The fourth-order valence-electron chi connectivity index (χ4n) is 2.08. The molecular formula is C12H18ClN5O4. The quantitative estimate of drug-likeness (QED) is 0.505. The van der Waals surface area contributed by atoms with E-state index in [-0.39, 0.29) is 36.0 Å². The third kappa shape index (κ3) is 3.38. The van der Waals surface area contributed by atoms with Crippen LogP contribution >= 0.6 is 11.6 Å². The average Bonchev–Trinajstić information content (AvgIpc) is 2.87. The molecule has 2 rings (SSSR count). The summed E-state index contributed by atoms with van der Waals surface area (Å²) < 4.78 is 7.19. The Morgan fingerprint density at radius 2 is 2.32 bits per heavy atom. The number of aromatic nitrogens is 4. The van der Waals surface area contributed by atoms with Gasteiger partial charge >= 0.3 is 0 Å². The van der Waals surface area contributed by atoms with Gasteiger partial charge in [0.05, 0.1) is 24.4 Å². The van der Waals surface area contributed by atoms with E-state index in [1.165, 1.54) is 10.9 Å². The molecule has 10 heteroatoms. The molecule has 3 atom stereocenters. The molecule has 22 heavy (non-hydrogen) atoms. The van der Waals surface area contributed by atoms with Crippen molar-refractivity contribution in [3.05, 3.63) is 16.7 Å². The number of ether oxygens (including phenoxy) is 1. The van der Waals surface area contributed by atoms with Crippen molar-refractivity contribution in [2.45, 2.75) is 31.8 Å². The Hall–Kier alpha value is -1.68. The molecule has 0 aliphatic carbocycles. The lowest BCUT2D eigenvalue weighted by molar-refractivity contribution is -0.0973. The maximum Gasteiger partial charge on any atom is 0.280 e. The standard InChI is InChI=1S/C12H18ClN5O4/c1-6(20)7(2-3-19)22-8(4-13)18-5-15-9-10(18)16-12(14)17-11(9)21/h5-8,19-20H,2-4H2,1H3,(H3,14,16,17,21)/t6-,7?,8?/m0/s1. The van der Waals surface area contributed by atoms with Gasteiger partial charge in [0.15, 0.2) is 17.4 Å². The molecule has 9 nitrogen and oxygen atoms in total. The van der Waals surface area contributed by atoms with Crippen LogP contribution in [0.2, 0.25) is 0 Å². The number of fused-ring (bicyclic) bond motifs is 1. The van der Waals surface area contributed by atoms with E-state index in [1.807, 2.05) is 0 Å². The predicted molar refractivity (Wildman–Crippen MR) is 80.6 cm³/mol. The van der Waals surface area contributed by atoms with Gasteiger partial charge in [0.2, 0.25) is 5.95 Å². The van der Waals surface area contributed by atoms with Crippen LogP contribution in [0.15, 0.2) is 11.1 Å². The Morgan fingerprint density at radius 1 is 1.59 bits per heavy atom. The van der Waals surface area contributed by atoms with Gasteiger partial charge in [-0.1, -0.05) is 0 Å². The molecule has 0 bridgehead atoms. The Morgan fingerprint density at radius 3 is 2.91 bits per heavy atom. The number of nitrogens with zero attached hydrogens (tertiary/aromatic N) is 3. The second-order valence-corrected chi connectivity index (χ2v) is 5.12. The zero-order chi connectivity index (χ0) is 16.3. The van der Waals surface area contributed by atoms with Crippen LogP contribution in [0, 0.1) is 0 Å². The minimum absolute atomic E-state index is 0.0362. The molecule has 0 spiro atoms. The number of H-pyrrole nitrogens is 1. The zero-order valence-electron chi connectivity index (χ0n) is 11.9. The van der Waals surface area contributed by atoms with Crippen LogP contribution in [-0.4, -0.2) is 54.4 Å². The highest BCUT2D eigenvalue weighted by molar-refractivity contribution is 6.18. The summed E-state index contributed by atoms with van der Waals surface area (Å²) in [5, 5.41) is 18.7. The van der Waals surface area contributed by atoms with Gasteiger partial charge in [-0.2, -0.15) is 4.98 Å². The number of nitrogens with one attached hydrogen (secondary N) is 1. The second kappa shape index (κ2) is 7.05. The average molecular weight is 332 g/mol. The number of nitrogen functional groups attached to an aromatic ring is 1. The number of hydrogen-bond donors (Lipinski definition) is 4. The highest BCUT2D eigenvalue weighted by Crippen LogP contribution is 2.20. The van der Waals surface area contributed by atoms with Crippen molar-refractivity contribution in [1.82, 2.24) is 19.5 Å². The lowest BCUT2D eigenvalue weighted by Gasteiger charge is -2.26. The van der Waals surface area contributed by atoms with Crippen LogP contribution in [0.1, 0.15) is 19.6 Å². The highest BCUT2D eigenvalue weighted by Gasteiger charge is 2.23. The number of aliphatic hydroxyl groups excluding tert-OH is 2. The number of halogens is 1. The van der Waals surface area contributed by atoms with Crippen molar-refractivity contribution >= 4 is 28.7 Å². The number of aliphatic hydroxyl groups is 2. The minimum atomic E-state index is -0.797. The summed E-state index contributed by atoms with van der Waals surface area (Å²) in [4.78, 5) is 22.1. The maximum absolute atomic E-state index is 11.8. The first-order valence-corrected chi connectivity index (χ1v) is 7.24. The first-order valence-electron chi connectivity index (χ1n) is 6.70. The fraction of sp³-hybridized carbons (Fsp3) is 0.583. The van der Waals surface area contributed by atoms with E-state index in [0.717, 1.165) is 0 Å². The van der Waals surface area contributed by atoms with Crippen LogP contribution < -0.4 is 11.3 Å². The lowest BCUT2D eigenvalue weighted by Crippen LogP contribution is -2.31. The van der Waals surface area contributed by atoms with Crippen molar-refractivity contribution < 1.29 is 14.9 Å². The summed E-state index contributed by atoms with van der Waals surface area (Å²) in [5.74, 6) is -0.0101. The third-order valence-corrected chi connectivity index (χ3v) is 3.44. The van der Waals surface area contributed by atoms with Gasteiger partial charge in [-0.05, 0) is 13.3 Å². The SMILES string of the molecule is C[C@H](O)C(CCO)OC(CCl)n1cnc2c(=O)[nH]c(N)nc21. The van der Waals surface area contributed by atoms with Gasteiger partial charge in [-0.25, -0.2) is 4.98 Å². The Kier molecular flexibility index (Phi) is 5.35. The third-order valence-electron chi connectivity index (χ3n) is 3.18. The largest absolute Gasteiger partial charge is 0.396 e. The van der Waals surface area contributed by atoms with Gasteiger partial charge in [-0.3, -0.25) is 14.3 Å². The van der Waals surface area contributed by atoms with Crippen LogP contribution in [0.5, 0.6) is 0 Å². The number of alkyl halides is 1. The monoisotopic (exact) mass is 331 g/mol. The normalized spacial score (nSPS) is 15.8. The number of rotatable bonds is 7. The minimum Gasteiger partial charge on any atom is -0.396 e. The number of imidazole rings is 1. The summed E-state index contributed by atoms with van der Waals surface area (Å²) in [5.41, 5.74) is 5.43. The second-order valence-electron chi connectivity index (χ2n) is 4.81. The van der Waals surface area contributed by atoms with Gasteiger partial charge in [0.1, 0.15) is 0 Å². The van der Waals surface area contributed by atoms with Crippen molar-refractivity contribution in [3.8, 4) is 0 Å². The van der Waals surface area contributed by atoms with E-state index in [0.29, 0.717) is 0 Å². The maximum atomic E-state index is 11.8. The molecule has 0 radical (unpaired) electrons. The topological polar surface area (TPSA) is 139 Å². The van der Waals surface area contributed by atoms with Gasteiger partial charge in [0, 0.05) is 6.61 Å². The van der Waals surface area contributed by atoms with Gasteiger partial charge < -0.3 is 20.7 Å². The summed E-state index contributed by atoms with van der Waals surface area (Å²) >= 11 is 5.93. The molecule has 0 amide bonds. The molecule has 122 valence electrons. The molecule has 2 aromatic rings. The predicted octanol–water partition coefficient (Wildman–Crippen LogP) is -0.412. The van der Waals surface area contributed by atoms with Crippen molar-refractivity contribution in [2.24, 2.45) is 0 Å². The molecule has 0 saturated carbocycles. The van der Waals surface area contributed by atoms with Crippen molar-refractivity contribution in [1.29, 1.82) is 0 Å². The highest BCUT2D eigenvalue weighted by atomic mass is 35.5. The molecule has 0 saturated heterocycles. The summed E-state index contributed by atoms with van der Waals surface area (Å²) in [7, 11) is 0. The molecule has 5 N–H and O–H groups in total. The van der Waals surface area contributed by atoms with Gasteiger partial charge in [-0.15, -0.1) is 11.6 Å². The van der Waals surface area contributed by atoms with Crippen LogP contribution in [0.3, 0.4) is 0 Å². The van der Waals surface area contributed by atoms with E-state index in [9.17, 15) is 9.90 Å². The van der Waals surface area contributed by atoms with Crippen LogP contribution in [0.25, 0.3) is 11.2 Å². The molecule has 0 aliphatic rings. The fourth-order valence-corrected chi connectivity index (χ4v) is 2.30. The smallest absolute Gasteiger partial charge is 0.280 e. The van der Waals surface area contributed by atoms with Crippen LogP contribution in [0.4, 0.5) is 5.95 Å². The Labute approximate surface area is 130 Å². The van der Waals surface area contributed by atoms with Crippen LogP contribution in [-0.2, 0) is 4.74 Å². The van der Waals surface area contributed by atoms with E-state index >= 15 is 0 Å². The van der Waals surface area contributed by atoms with E-state index in [4.69, 9.17) is 27.2 Å². The summed E-state index contributed by atoms with van der Waals surface area (Å²) in [6.45, 7) is 1.42. The molecule has 0 aromatic carbocycles. The molecule has 0 fully saturated rings. The number of aromatic amines is 1. The molecular weight excluding hydrogens is 314 g/mol. The first-order chi connectivity index (χ1) is 10.5. The molecule has 0 aliphatic heterocycles. The number of nitrogens with two attached hydrogens (primary N) is 1. The van der Waals surface area contributed by atoms with E-state index in [2.05, 4.69) is 15.0 Å². The molecule has 2 unspecified atom stereocenters. The van der Waals surface area contributed by atoms with Gasteiger partial charge in [0.25, 0.3) is 5.56 Å². The molecule has 2 heterocycles. The lowest BCUT2D eigenvalue weighted by atomic mass is 10.2. The number of hydrogen-bond acceptors (Lipinski definition) is 7. The van der Waals surface area contributed by atoms with E-state index in [1.54, 1.807) is 6.92 Å². The first kappa shape index (κ1) is 16.7. The Bertz CT molecular complexity index is 686. The summed E-state index contributed by atoms with van der Waals surface area (Å²) in [6.07, 6.45) is -0.517. The van der Waals surface area contributed by atoms with Crippen molar-refractivity contribution in [3.63, 3.8) is 0 Å². The summed E-state index contributed by atoms with van der Waals surface area (Å²) in [6, 6.07) is 0. The number of anilines is 1. The molecule has 2 aromatic heterocycles. The Balaban J connectivity index is 2.37. The van der Waals surface area contributed by atoms with Crippen molar-refractivity contribution in [2.75, 3.05) is 18.2 Å². The van der Waals surface area contributed by atoms with E-state index < -0.39 is 24.0 Å².